The molecule has 0 saturated carbocycles. The van der Waals surface area contributed by atoms with E-state index in [9.17, 15) is 4.79 Å². The molecule has 1 fully saturated rings. The lowest BCUT2D eigenvalue weighted by molar-refractivity contribution is -0.117. The van der Waals surface area contributed by atoms with E-state index in [2.05, 4.69) is 28.9 Å². The number of ether oxygens (including phenoxy) is 2. The second kappa shape index (κ2) is 11.5. The van der Waals surface area contributed by atoms with Crippen LogP contribution >= 0.6 is 0 Å². The number of carbonyl (C=O) groups excluding carboxylic acids is 1. The van der Waals surface area contributed by atoms with E-state index >= 15 is 0 Å². The molecule has 0 radical (unpaired) electrons. The molecule has 1 aliphatic rings. The van der Waals surface area contributed by atoms with Gasteiger partial charge < -0.3 is 14.8 Å². The zero-order chi connectivity index (χ0) is 21.2. The molecule has 1 heterocycles. The van der Waals surface area contributed by atoms with Crippen molar-refractivity contribution in [2.45, 2.75) is 13.1 Å². The second-order valence-corrected chi connectivity index (χ2v) is 7.55. The van der Waals surface area contributed by atoms with E-state index in [1.54, 1.807) is 6.08 Å². The number of hydrogen-bond donors (Lipinski definition) is 1. The molecule has 160 valence electrons. The number of rotatable bonds is 10. The summed E-state index contributed by atoms with van der Waals surface area (Å²) in [4.78, 5) is 16.7. The van der Waals surface area contributed by atoms with Crippen molar-refractivity contribution >= 4 is 11.6 Å². The van der Waals surface area contributed by atoms with Gasteiger partial charge in [0.1, 0.15) is 12.4 Å². The first kappa shape index (κ1) is 22.0. The van der Waals surface area contributed by atoms with Crippen molar-refractivity contribution in [2.24, 2.45) is 0 Å². The molecule has 2 aromatic rings. The summed E-state index contributed by atoms with van der Waals surface area (Å²) in [5.41, 5.74) is 3.19. The molecule has 0 bridgehead atoms. The molecule has 0 atom stereocenters. The van der Waals surface area contributed by atoms with Gasteiger partial charge >= 0.3 is 0 Å². The van der Waals surface area contributed by atoms with E-state index in [0.717, 1.165) is 49.8 Å². The van der Waals surface area contributed by atoms with Gasteiger partial charge in [-0.25, -0.2) is 0 Å². The van der Waals surface area contributed by atoms with Crippen molar-refractivity contribution in [3.8, 4) is 5.75 Å². The topological polar surface area (TPSA) is 54.0 Å². The van der Waals surface area contributed by atoms with Crippen molar-refractivity contribution < 1.29 is 14.3 Å². The molecule has 0 aliphatic carbocycles. The maximum Gasteiger partial charge on any atom is 0.238 e. The summed E-state index contributed by atoms with van der Waals surface area (Å²) in [5, 5.41) is 2.98. The van der Waals surface area contributed by atoms with Crippen LogP contribution in [0, 0.1) is 0 Å². The lowest BCUT2D eigenvalue weighted by Gasteiger charge is -2.26. The molecule has 1 aliphatic heterocycles. The van der Waals surface area contributed by atoms with E-state index in [1.165, 1.54) is 5.56 Å². The van der Waals surface area contributed by atoms with E-state index in [1.807, 2.05) is 48.3 Å². The number of benzene rings is 2. The van der Waals surface area contributed by atoms with Crippen LogP contribution in [0.5, 0.6) is 5.75 Å². The highest BCUT2D eigenvalue weighted by molar-refractivity contribution is 5.92. The van der Waals surface area contributed by atoms with Crippen molar-refractivity contribution in [3.05, 3.63) is 72.3 Å². The van der Waals surface area contributed by atoms with Gasteiger partial charge in [-0.1, -0.05) is 36.9 Å². The fourth-order valence-electron chi connectivity index (χ4n) is 3.37. The van der Waals surface area contributed by atoms with Gasteiger partial charge in [0, 0.05) is 31.9 Å². The molecule has 6 heteroatoms. The minimum Gasteiger partial charge on any atom is -0.490 e. The average molecular weight is 410 g/mol. The van der Waals surface area contributed by atoms with Gasteiger partial charge in [-0.2, -0.15) is 0 Å². The first-order valence-electron chi connectivity index (χ1n) is 10.3. The van der Waals surface area contributed by atoms with E-state index < -0.39 is 0 Å². The van der Waals surface area contributed by atoms with Gasteiger partial charge in [0.25, 0.3) is 0 Å². The van der Waals surface area contributed by atoms with Gasteiger partial charge in [0.05, 0.1) is 19.8 Å². The Bertz CT molecular complexity index is 799. The first-order chi connectivity index (χ1) is 14.6. The number of nitrogens with zero attached hydrogens (tertiary/aromatic N) is 2. The molecule has 1 N–H and O–H groups in total. The average Bonchev–Trinajstić information content (AvgIpc) is 2.75. The van der Waals surface area contributed by atoms with Crippen molar-refractivity contribution in [1.82, 2.24) is 9.80 Å². The smallest absolute Gasteiger partial charge is 0.238 e. The lowest BCUT2D eigenvalue weighted by atomic mass is 10.2. The highest BCUT2D eigenvalue weighted by Crippen LogP contribution is 2.14. The van der Waals surface area contributed by atoms with Gasteiger partial charge in [-0.05, 0) is 42.4 Å². The number of morpholine rings is 1. The lowest BCUT2D eigenvalue weighted by Crippen LogP contribution is -2.35. The molecule has 0 spiro atoms. The summed E-state index contributed by atoms with van der Waals surface area (Å²) in [6.07, 6.45) is 1.72. The second-order valence-electron chi connectivity index (χ2n) is 7.55. The van der Waals surface area contributed by atoms with Crippen LogP contribution in [0.15, 0.2) is 61.2 Å². The van der Waals surface area contributed by atoms with Crippen LogP contribution in [0.4, 0.5) is 5.69 Å². The zero-order valence-corrected chi connectivity index (χ0v) is 17.7. The standard InChI is InChI=1S/C24H31N3O3/c1-3-14-30-23-10-6-20(7-11-23)17-26(2)19-24(28)25-22-8-4-21(5-9-22)18-27-12-15-29-16-13-27/h3-11H,1,12-19H2,2H3,(H,25,28). The SMILES string of the molecule is C=CCOc1ccc(CN(C)CC(=O)Nc2ccc(CN3CCOCC3)cc2)cc1. The fraction of sp³-hybridized carbons (Fsp3) is 0.375. The molecule has 0 unspecified atom stereocenters. The maximum atomic E-state index is 12.4. The molecule has 2 aromatic carbocycles. The van der Waals surface area contributed by atoms with Crippen LogP contribution in [-0.4, -0.2) is 62.2 Å². The van der Waals surface area contributed by atoms with Crippen molar-refractivity contribution in [2.75, 3.05) is 51.8 Å². The Labute approximate surface area is 179 Å². The Morgan fingerprint density at radius 1 is 1.13 bits per heavy atom. The zero-order valence-electron chi connectivity index (χ0n) is 17.7. The van der Waals surface area contributed by atoms with Gasteiger partial charge in [0.2, 0.25) is 5.91 Å². The van der Waals surface area contributed by atoms with Gasteiger partial charge in [0.15, 0.2) is 0 Å². The largest absolute Gasteiger partial charge is 0.490 e. The fourth-order valence-corrected chi connectivity index (χ4v) is 3.37. The van der Waals surface area contributed by atoms with Crippen LogP contribution in [-0.2, 0) is 22.6 Å². The van der Waals surface area contributed by atoms with Crippen molar-refractivity contribution in [3.63, 3.8) is 0 Å². The molecule has 6 nitrogen and oxygen atoms in total. The normalized spacial score (nSPS) is 14.5. The third-order valence-corrected chi connectivity index (χ3v) is 4.90. The Kier molecular flexibility index (Phi) is 8.44. The quantitative estimate of drug-likeness (QED) is 0.611. The molecular formula is C24H31N3O3. The van der Waals surface area contributed by atoms with Crippen LogP contribution in [0.25, 0.3) is 0 Å². The predicted octanol–water partition coefficient (Wildman–Crippen LogP) is 3.15. The summed E-state index contributed by atoms with van der Waals surface area (Å²) in [6, 6.07) is 16.0. The highest BCUT2D eigenvalue weighted by atomic mass is 16.5. The Balaban J connectivity index is 1.42. The van der Waals surface area contributed by atoms with Crippen molar-refractivity contribution in [1.29, 1.82) is 0 Å². The minimum atomic E-state index is -0.0237. The number of likely N-dealkylation sites (N-methyl/N-ethyl adjacent to an activating group) is 1. The van der Waals surface area contributed by atoms with E-state index in [0.29, 0.717) is 19.7 Å². The number of amides is 1. The highest BCUT2D eigenvalue weighted by Gasteiger charge is 2.11. The molecular weight excluding hydrogens is 378 g/mol. The first-order valence-corrected chi connectivity index (χ1v) is 10.3. The van der Waals surface area contributed by atoms with E-state index in [-0.39, 0.29) is 5.91 Å². The van der Waals surface area contributed by atoms with E-state index in [4.69, 9.17) is 9.47 Å². The minimum absolute atomic E-state index is 0.0237. The molecule has 30 heavy (non-hydrogen) atoms. The number of hydrogen-bond acceptors (Lipinski definition) is 5. The molecule has 0 aromatic heterocycles. The van der Waals surface area contributed by atoms with Gasteiger partial charge in [-0.15, -0.1) is 0 Å². The predicted molar refractivity (Wildman–Crippen MR) is 120 cm³/mol. The van der Waals surface area contributed by atoms with Gasteiger partial charge in [-0.3, -0.25) is 14.6 Å². The van der Waals surface area contributed by atoms with Crippen LogP contribution in [0.3, 0.4) is 0 Å². The summed E-state index contributed by atoms with van der Waals surface area (Å²) in [7, 11) is 1.94. The summed E-state index contributed by atoms with van der Waals surface area (Å²) in [6.45, 7) is 9.60. The molecule has 1 amide bonds. The summed E-state index contributed by atoms with van der Waals surface area (Å²) >= 11 is 0. The van der Waals surface area contributed by atoms with Crippen LogP contribution in [0.1, 0.15) is 11.1 Å². The number of anilines is 1. The molecule has 3 rings (SSSR count). The third kappa shape index (κ3) is 7.30. The molecule has 1 saturated heterocycles. The maximum absolute atomic E-state index is 12.4. The third-order valence-electron chi connectivity index (χ3n) is 4.90. The summed E-state index contributed by atoms with van der Waals surface area (Å²) in [5.74, 6) is 0.792. The Morgan fingerprint density at radius 3 is 2.47 bits per heavy atom. The monoisotopic (exact) mass is 409 g/mol. The Hall–Kier alpha value is -2.67. The Morgan fingerprint density at radius 2 is 1.80 bits per heavy atom. The number of carbonyl (C=O) groups is 1. The number of nitrogens with one attached hydrogen (secondary N) is 1. The summed E-state index contributed by atoms with van der Waals surface area (Å²) < 4.78 is 10.9. The van der Waals surface area contributed by atoms with Crippen LogP contribution < -0.4 is 10.1 Å². The van der Waals surface area contributed by atoms with Crippen LogP contribution in [0.2, 0.25) is 0 Å².